The van der Waals surface area contributed by atoms with E-state index in [0.29, 0.717) is 29.8 Å². The fraction of sp³-hybridized carbons (Fsp3) is 0.125. The first-order valence-electron chi connectivity index (χ1n) is 9.53. The second-order valence-corrected chi connectivity index (χ2v) is 6.78. The van der Waals surface area contributed by atoms with Gasteiger partial charge in [-0.3, -0.25) is 14.2 Å². The number of para-hydroxylation sites is 2. The molecule has 5 heteroatoms. The summed E-state index contributed by atoms with van der Waals surface area (Å²) in [4.78, 5) is 31.9. The summed E-state index contributed by atoms with van der Waals surface area (Å²) in [6.45, 7) is 2.25. The Bertz CT molecular complexity index is 1200. The van der Waals surface area contributed by atoms with Gasteiger partial charge < -0.3 is 4.90 Å². The summed E-state index contributed by atoms with van der Waals surface area (Å²) in [5.41, 5.74) is 2.23. The standard InChI is InChI=1S/C24H21N3O2/c1-18(28)26(20-12-6-3-7-13-20)16-17-27-23(19-10-4-2-5-11-19)25-22-15-9-8-14-21(22)24(27)29/h2-15H,16-17H2,1H3. The fourth-order valence-electron chi connectivity index (χ4n) is 3.46. The van der Waals surface area contributed by atoms with Crippen molar-refractivity contribution in [1.29, 1.82) is 0 Å². The van der Waals surface area contributed by atoms with E-state index in [1.807, 2.05) is 78.9 Å². The highest BCUT2D eigenvalue weighted by Gasteiger charge is 2.16. The van der Waals surface area contributed by atoms with E-state index in [9.17, 15) is 9.59 Å². The van der Waals surface area contributed by atoms with Crippen LogP contribution in [0.5, 0.6) is 0 Å². The van der Waals surface area contributed by atoms with Gasteiger partial charge in [0.2, 0.25) is 5.91 Å². The van der Waals surface area contributed by atoms with Crippen LogP contribution < -0.4 is 10.5 Å². The van der Waals surface area contributed by atoms with Crippen molar-refractivity contribution in [3.8, 4) is 11.4 Å². The maximum absolute atomic E-state index is 13.3. The van der Waals surface area contributed by atoms with Crippen molar-refractivity contribution in [2.75, 3.05) is 11.4 Å². The highest BCUT2D eigenvalue weighted by atomic mass is 16.2. The molecule has 0 radical (unpaired) electrons. The van der Waals surface area contributed by atoms with Crippen LogP contribution in [0.4, 0.5) is 5.69 Å². The molecule has 0 saturated heterocycles. The topological polar surface area (TPSA) is 55.2 Å². The molecule has 1 heterocycles. The first kappa shape index (κ1) is 18.6. The molecule has 29 heavy (non-hydrogen) atoms. The largest absolute Gasteiger partial charge is 0.311 e. The van der Waals surface area contributed by atoms with Crippen LogP contribution in [0.15, 0.2) is 89.7 Å². The van der Waals surface area contributed by atoms with Crippen LogP contribution >= 0.6 is 0 Å². The van der Waals surface area contributed by atoms with Gasteiger partial charge in [0.15, 0.2) is 0 Å². The number of fused-ring (bicyclic) bond motifs is 1. The van der Waals surface area contributed by atoms with E-state index in [1.54, 1.807) is 15.5 Å². The Morgan fingerprint density at radius 1 is 0.897 bits per heavy atom. The molecule has 4 aromatic rings. The van der Waals surface area contributed by atoms with Gasteiger partial charge in [-0.2, -0.15) is 0 Å². The van der Waals surface area contributed by atoms with Crippen molar-refractivity contribution in [3.63, 3.8) is 0 Å². The lowest BCUT2D eigenvalue weighted by Crippen LogP contribution is -2.35. The second kappa shape index (κ2) is 8.10. The molecule has 0 aliphatic heterocycles. The van der Waals surface area contributed by atoms with Gasteiger partial charge >= 0.3 is 0 Å². The quantitative estimate of drug-likeness (QED) is 0.521. The Hall–Kier alpha value is -3.73. The lowest BCUT2D eigenvalue weighted by Gasteiger charge is -2.22. The zero-order chi connectivity index (χ0) is 20.2. The summed E-state index contributed by atoms with van der Waals surface area (Å²) in [6, 6.07) is 26.5. The third-order valence-corrected chi connectivity index (χ3v) is 4.89. The van der Waals surface area contributed by atoms with Crippen LogP contribution in [0, 0.1) is 0 Å². The van der Waals surface area contributed by atoms with Crippen LogP contribution in [0.2, 0.25) is 0 Å². The van der Waals surface area contributed by atoms with Crippen molar-refractivity contribution in [3.05, 3.63) is 95.3 Å². The third-order valence-electron chi connectivity index (χ3n) is 4.89. The number of anilines is 1. The molecule has 1 amide bonds. The van der Waals surface area contributed by atoms with Crippen molar-refractivity contribution < 1.29 is 4.79 Å². The van der Waals surface area contributed by atoms with Crippen molar-refractivity contribution >= 4 is 22.5 Å². The number of nitrogens with zero attached hydrogens (tertiary/aromatic N) is 3. The van der Waals surface area contributed by atoms with E-state index in [4.69, 9.17) is 4.98 Å². The van der Waals surface area contributed by atoms with Crippen molar-refractivity contribution in [2.24, 2.45) is 0 Å². The normalized spacial score (nSPS) is 10.8. The number of carbonyl (C=O) groups excluding carboxylic acids is 1. The Labute approximate surface area is 168 Å². The van der Waals surface area contributed by atoms with Crippen LogP contribution in [0.25, 0.3) is 22.3 Å². The smallest absolute Gasteiger partial charge is 0.261 e. The zero-order valence-corrected chi connectivity index (χ0v) is 16.2. The molecule has 1 aromatic heterocycles. The average Bonchev–Trinajstić information content (AvgIpc) is 2.76. The lowest BCUT2D eigenvalue weighted by molar-refractivity contribution is -0.116. The lowest BCUT2D eigenvalue weighted by atomic mass is 10.1. The SMILES string of the molecule is CC(=O)N(CCn1c(-c2ccccc2)nc2ccccc2c1=O)c1ccccc1. The summed E-state index contributed by atoms with van der Waals surface area (Å²) in [5, 5.41) is 0.571. The molecule has 0 fully saturated rings. The minimum Gasteiger partial charge on any atom is -0.311 e. The van der Waals surface area contributed by atoms with Gasteiger partial charge in [0.1, 0.15) is 5.82 Å². The number of hydrogen-bond acceptors (Lipinski definition) is 3. The predicted octanol–water partition coefficient (Wildman–Crippen LogP) is 4.12. The van der Waals surface area contributed by atoms with Crippen LogP contribution in [0.3, 0.4) is 0 Å². The minimum atomic E-state index is -0.106. The van der Waals surface area contributed by atoms with E-state index in [0.717, 1.165) is 11.3 Å². The molecule has 0 bridgehead atoms. The Morgan fingerprint density at radius 2 is 1.52 bits per heavy atom. The van der Waals surface area contributed by atoms with E-state index in [2.05, 4.69) is 0 Å². The molecule has 0 spiro atoms. The maximum atomic E-state index is 13.3. The molecule has 144 valence electrons. The number of hydrogen-bond donors (Lipinski definition) is 0. The monoisotopic (exact) mass is 383 g/mol. The van der Waals surface area contributed by atoms with Gasteiger partial charge in [0, 0.05) is 31.3 Å². The maximum Gasteiger partial charge on any atom is 0.261 e. The Balaban J connectivity index is 1.79. The van der Waals surface area contributed by atoms with Gasteiger partial charge in [-0.1, -0.05) is 60.7 Å². The van der Waals surface area contributed by atoms with E-state index >= 15 is 0 Å². The minimum absolute atomic E-state index is 0.0701. The number of benzene rings is 3. The number of carbonyl (C=O) groups is 1. The molecule has 5 nitrogen and oxygen atoms in total. The number of amides is 1. The summed E-state index contributed by atoms with van der Waals surface area (Å²) < 4.78 is 1.66. The first-order valence-corrected chi connectivity index (χ1v) is 9.53. The van der Waals surface area contributed by atoms with Gasteiger partial charge in [-0.05, 0) is 24.3 Å². The number of aromatic nitrogens is 2. The summed E-state index contributed by atoms with van der Waals surface area (Å²) in [7, 11) is 0. The first-order chi connectivity index (χ1) is 14.1. The average molecular weight is 383 g/mol. The van der Waals surface area contributed by atoms with Crippen LogP contribution in [0.1, 0.15) is 6.92 Å². The number of rotatable bonds is 5. The van der Waals surface area contributed by atoms with Gasteiger partial charge in [-0.25, -0.2) is 4.98 Å². The predicted molar refractivity (Wildman–Crippen MR) is 116 cm³/mol. The third kappa shape index (κ3) is 3.80. The highest BCUT2D eigenvalue weighted by molar-refractivity contribution is 5.91. The fourth-order valence-corrected chi connectivity index (χ4v) is 3.46. The van der Waals surface area contributed by atoms with E-state index in [-0.39, 0.29) is 11.5 Å². The summed E-state index contributed by atoms with van der Waals surface area (Å²) in [5.74, 6) is 0.533. The molecule has 0 aliphatic carbocycles. The zero-order valence-electron chi connectivity index (χ0n) is 16.2. The van der Waals surface area contributed by atoms with Crippen LogP contribution in [-0.2, 0) is 11.3 Å². The molecule has 0 N–H and O–H groups in total. The molecular weight excluding hydrogens is 362 g/mol. The summed E-state index contributed by atoms with van der Waals surface area (Å²) >= 11 is 0. The van der Waals surface area contributed by atoms with Crippen molar-refractivity contribution in [2.45, 2.75) is 13.5 Å². The molecule has 0 aliphatic rings. The summed E-state index contributed by atoms with van der Waals surface area (Å²) in [6.07, 6.45) is 0. The van der Waals surface area contributed by atoms with E-state index in [1.165, 1.54) is 6.92 Å². The molecule has 0 atom stereocenters. The molecule has 3 aromatic carbocycles. The van der Waals surface area contributed by atoms with Gasteiger partial charge in [0.25, 0.3) is 5.56 Å². The Kier molecular flexibility index (Phi) is 5.20. The Morgan fingerprint density at radius 3 is 2.21 bits per heavy atom. The molecule has 0 saturated carbocycles. The highest BCUT2D eigenvalue weighted by Crippen LogP contribution is 2.19. The molecule has 0 unspecified atom stereocenters. The second-order valence-electron chi connectivity index (χ2n) is 6.78. The van der Waals surface area contributed by atoms with Gasteiger partial charge in [-0.15, -0.1) is 0 Å². The molecular formula is C24H21N3O2. The van der Waals surface area contributed by atoms with Crippen LogP contribution in [-0.4, -0.2) is 22.0 Å². The van der Waals surface area contributed by atoms with E-state index < -0.39 is 0 Å². The van der Waals surface area contributed by atoms with Gasteiger partial charge in [0.05, 0.1) is 10.9 Å². The van der Waals surface area contributed by atoms with Crippen molar-refractivity contribution in [1.82, 2.24) is 9.55 Å². The molecule has 4 rings (SSSR count).